The minimum atomic E-state index is -0.932. The summed E-state index contributed by atoms with van der Waals surface area (Å²) < 4.78 is 0. The SMILES string of the molecule is CC(C)N(CCC(=O)O)C(=O)/C=C/c1ccc(Cl)cc1Cl. The summed E-state index contributed by atoms with van der Waals surface area (Å²) in [7, 11) is 0. The molecular formula is C15H17Cl2NO3. The van der Waals surface area contributed by atoms with Crippen LogP contribution in [0.5, 0.6) is 0 Å². The van der Waals surface area contributed by atoms with Crippen molar-refractivity contribution in [3.05, 3.63) is 39.9 Å². The quantitative estimate of drug-likeness (QED) is 0.809. The first-order chi connectivity index (χ1) is 9.81. The molecule has 0 saturated heterocycles. The van der Waals surface area contributed by atoms with Gasteiger partial charge in [-0.15, -0.1) is 0 Å². The van der Waals surface area contributed by atoms with E-state index in [1.54, 1.807) is 24.3 Å². The fraction of sp³-hybridized carbons (Fsp3) is 0.333. The number of hydrogen-bond acceptors (Lipinski definition) is 2. The molecule has 0 aliphatic heterocycles. The van der Waals surface area contributed by atoms with Gasteiger partial charge in [0.25, 0.3) is 0 Å². The molecule has 1 rings (SSSR count). The Morgan fingerprint density at radius 2 is 2.00 bits per heavy atom. The number of hydrogen-bond donors (Lipinski definition) is 1. The molecule has 0 unspecified atom stereocenters. The number of carbonyl (C=O) groups is 2. The van der Waals surface area contributed by atoms with E-state index in [2.05, 4.69) is 0 Å². The monoisotopic (exact) mass is 329 g/mol. The molecule has 0 atom stereocenters. The summed E-state index contributed by atoms with van der Waals surface area (Å²) in [6, 6.07) is 4.91. The van der Waals surface area contributed by atoms with Crippen LogP contribution in [0, 0.1) is 0 Å². The van der Waals surface area contributed by atoms with Crippen molar-refractivity contribution >= 4 is 41.2 Å². The van der Waals surface area contributed by atoms with E-state index in [0.29, 0.717) is 15.6 Å². The average Bonchev–Trinajstić information content (AvgIpc) is 2.37. The van der Waals surface area contributed by atoms with Crippen LogP contribution in [-0.4, -0.2) is 34.5 Å². The number of halogens is 2. The molecule has 0 fully saturated rings. The van der Waals surface area contributed by atoms with Crippen LogP contribution in [0.1, 0.15) is 25.8 Å². The molecule has 0 aromatic heterocycles. The molecule has 114 valence electrons. The van der Waals surface area contributed by atoms with Gasteiger partial charge in [-0.1, -0.05) is 29.3 Å². The average molecular weight is 330 g/mol. The molecule has 1 aromatic rings. The number of benzene rings is 1. The number of carboxylic acids is 1. The summed E-state index contributed by atoms with van der Waals surface area (Å²) in [4.78, 5) is 24.2. The number of nitrogens with zero attached hydrogens (tertiary/aromatic N) is 1. The zero-order valence-corrected chi connectivity index (χ0v) is 13.4. The van der Waals surface area contributed by atoms with Gasteiger partial charge >= 0.3 is 5.97 Å². The van der Waals surface area contributed by atoms with E-state index in [1.165, 1.54) is 11.0 Å². The number of rotatable bonds is 6. The maximum atomic E-state index is 12.1. The van der Waals surface area contributed by atoms with E-state index in [1.807, 2.05) is 13.8 Å². The summed E-state index contributed by atoms with van der Waals surface area (Å²) >= 11 is 11.8. The van der Waals surface area contributed by atoms with Crippen LogP contribution < -0.4 is 0 Å². The van der Waals surface area contributed by atoms with Gasteiger partial charge in [-0.05, 0) is 37.6 Å². The Morgan fingerprint density at radius 1 is 1.33 bits per heavy atom. The zero-order chi connectivity index (χ0) is 16.0. The van der Waals surface area contributed by atoms with E-state index in [-0.39, 0.29) is 24.9 Å². The molecule has 1 aromatic carbocycles. The predicted molar refractivity (Wildman–Crippen MR) is 84.6 cm³/mol. The minimum Gasteiger partial charge on any atom is -0.481 e. The van der Waals surface area contributed by atoms with E-state index >= 15 is 0 Å². The molecule has 0 saturated carbocycles. The number of aliphatic carboxylic acids is 1. The Labute approximate surface area is 134 Å². The first-order valence-electron chi connectivity index (χ1n) is 6.46. The third-order valence-corrected chi connectivity index (χ3v) is 3.40. The van der Waals surface area contributed by atoms with Gasteiger partial charge in [-0.3, -0.25) is 9.59 Å². The summed E-state index contributed by atoms with van der Waals surface area (Å²) in [6.45, 7) is 3.84. The number of carbonyl (C=O) groups excluding carboxylic acids is 1. The molecule has 0 aliphatic rings. The van der Waals surface area contributed by atoms with Gasteiger partial charge in [0.2, 0.25) is 5.91 Å². The molecule has 6 heteroatoms. The highest BCUT2D eigenvalue weighted by Crippen LogP contribution is 2.22. The smallest absolute Gasteiger partial charge is 0.305 e. The second kappa shape index (κ2) is 8.05. The largest absolute Gasteiger partial charge is 0.481 e. The lowest BCUT2D eigenvalue weighted by Crippen LogP contribution is -2.37. The van der Waals surface area contributed by atoms with Crippen LogP contribution in [0.3, 0.4) is 0 Å². The zero-order valence-electron chi connectivity index (χ0n) is 11.8. The van der Waals surface area contributed by atoms with E-state index in [4.69, 9.17) is 28.3 Å². The molecule has 0 aliphatic carbocycles. The van der Waals surface area contributed by atoms with Crippen LogP contribution in [-0.2, 0) is 9.59 Å². The van der Waals surface area contributed by atoms with Crippen LogP contribution in [0.25, 0.3) is 6.08 Å². The fourth-order valence-corrected chi connectivity index (χ4v) is 2.20. The standard InChI is InChI=1S/C15H17Cl2NO3/c1-10(2)18(8-7-15(20)21)14(19)6-4-11-3-5-12(16)9-13(11)17/h3-6,9-10H,7-8H2,1-2H3,(H,20,21)/b6-4+. The lowest BCUT2D eigenvalue weighted by atomic mass is 10.2. The Kier molecular flexibility index (Phi) is 6.72. The van der Waals surface area contributed by atoms with Crippen molar-refractivity contribution in [2.24, 2.45) is 0 Å². The molecule has 1 amide bonds. The van der Waals surface area contributed by atoms with Gasteiger partial charge in [-0.2, -0.15) is 0 Å². The van der Waals surface area contributed by atoms with Gasteiger partial charge in [0.1, 0.15) is 0 Å². The molecule has 21 heavy (non-hydrogen) atoms. The van der Waals surface area contributed by atoms with Crippen LogP contribution in [0.2, 0.25) is 10.0 Å². The highest BCUT2D eigenvalue weighted by molar-refractivity contribution is 6.35. The van der Waals surface area contributed by atoms with Crippen LogP contribution in [0.15, 0.2) is 24.3 Å². The third kappa shape index (κ3) is 5.78. The molecule has 0 heterocycles. The lowest BCUT2D eigenvalue weighted by Gasteiger charge is -2.24. The Bertz CT molecular complexity index is 556. The molecule has 0 radical (unpaired) electrons. The van der Waals surface area contributed by atoms with Gasteiger partial charge < -0.3 is 10.0 Å². The lowest BCUT2D eigenvalue weighted by molar-refractivity contribution is -0.138. The number of amides is 1. The fourth-order valence-electron chi connectivity index (χ4n) is 1.73. The summed E-state index contributed by atoms with van der Waals surface area (Å²) in [5, 5.41) is 9.68. The maximum Gasteiger partial charge on any atom is 0.305 e. The highest BCUT2D eigenvalue weighted by Gasteiger charge is 2.15. The van der Waals surface area contributed by atoms with Crippen molar-refractivity contribution in [3.8, 4) is 0 Å². The Hall–Kier alpha value is -1.52. The Balaban J connectivity index is 2.80. The van der Waals surface area contributed by atoms with Crippen molar-refractivity contribution in [3.63, 3.8) is 0 Å². The van der Waals surface area contributed by atoms with E-state index in [0.717, 1.165) is 0 Å². The Morgan fingerprint density at radius 3 is 2.52 bits per heavy atom. The predicted octanol–water partition coefficient (Wildman–Crippen LogP) is 3.72. The van der Waals surface area contributed by atoms with Gasteiger partial charge in [0.15, 0.2) is 0 Å². The van der Waals surface area contributed by atoms with E-state index in [9.17, 15) is 9.59 Å². The van der Waals surface area contributed by atoms with Gasteiger partial charge in [0, 0.05) is 28.7 Å². The molecule has 4 nitrogen and oxygen atoms in total. The summed E-state index contributed by atoms with van der Waals surface area (Å²) in [6.07, 6.45) is 2.90. The molecule has 1 N–H and O–H groups in total. The molecule has 0 spiro atoms. The normalized spacial score (nSPS) is 11.1. The van der Waals surface area contributed by atoms with Crippen molar-refractivity contribution in [1.29, 1.82) is 0 Å². The second-order valence-corrected chi connectivity index (χ2v) is 5.61. The number of carboxylic acid groups (broad SMARTS) is 1. The van der Waals surface area contributed by atoms with Crippen molar-refractivity contribution < 1.29 is 14.7 Å². The summed E-state index contributed by atoms with van der Waals surface area (Å²) in [5.41, 5.74) is 0.677. The highest BCUT2D eigenvalue weighted by atomic mass is 35.5. The van der Waals surface area contributed by atoms with Crippen molar-refractivity contribution in [1.82, 2.24) is 4.90 Å². The minimum absolute atomic E-state index is 0.0813. The third-order valence-electron chi connectivity index (χ3n) is 2.84. The van der Waals surface area contributed by atoms with Gasteiger partial charge in [-0.25, -0.2) is 0 Å². The van der Waals surface area contributed by atoms with Crippen LogP contribution in [0.4, 0.5) is 0 Å². The summed E-state index contributed by atoms with van der Waals surface area (Å²) in [5.74, 6) is -1.18. The maximum absolute atomic E-state index is 12.1. The van der Waals surface area contributed by atoms with E-state index < -0.39 is 5.97 Å². The molecule has 0 bridgehead atoms. The van der Waals surface area contributed by atoms with Crippen molar-refractivity contribution in [2.75, 3.05) is 6.54 Å². The van der Waals surface area contributed by atoms with Crippen molar-refractivity contribution in [2.45, 2.75) is 26.3 Å². The van der Waals surface area contributed by atoms with Crippen LogP contribution >= 0.6 is 23.2 Å². The van der Waals surface area contributed by atoms with Gasteiger partial charge in [0.05, 0.1) is 6.42 Å². The second-order valence-electron chi connectivity index (χ2n) is 4.77. The topological polar surface area (TPSA) is 57.6 Å². The first kappa shape index (κ1) is 17.5. The molecular weight excluding hydrogens is 313 g/mol. The first-order valence-corrected chi connectivity index (χ1v) is 7.22.